The Morgan fingerprint density at radius 3 is 0.458 bits per heavy atom. The van der Waals surface area contributed by atoms with E-state index in [0.29, 0.717) is 478 Å². The molecule has 0 saturated heterocycles. The second-order valence-electron chi connectivity index (χ2n) is 33.8. The maximum atomic E-state index is 15.9. The second-order valence-corrected chi connectivity index (χ2v) is 33.8. The fourth-order valence-electron chi connectivity index (χ4n) is 16.7. The predicted molar refractivity (Wildman–Crippen MR) is 544 cm³/mol. The maximum Gasteiger partial charge on any atom is 0.265 e. The minimum atomic E-state index is -0.468. The van der Waals surface area contributed by atoms with E-state index in [1.54, 1.807) is 42.7 Å². The Balaban J connectivity index is 0.964. The van der Waals surface area contributed by atoms with Crippen molar-refractivity contribution in [2.45, 2.75) is 77.0 Å². The van der Waals surface area contributed by atoms with Crippen LogP contribution in [0.25, 0.3) is 43.1 Å². The quantitative estimate of drug-likeness (QED) is 0.0148. The summed E-state index contributed by atoms with van der Waals surface area (Å²) in [6, 6.07) is 23.0. The van der Waals surface area contributed by atoms with Crippen molar-refractivity contribution in [1.82, 2.24) is 0 Å². The molecule has 0 spiro atoms. The van der Waals surface area contributed by atoms with Gasteiger partial charge in [-0.05, 0) is 191 Å². The first-order valence-corrected chi connectivity index (χ1v) is 51.3. The Labute approximate surface area is 850 Å². The number of anilines is 2. The van der Waals surface area contributed by atoms with Crippen LogP contribution in [-0.4, -0.2) is 423 Å². The Morgan fingerprint density at radius 1 is 0.167 bits per heavy atom. The van der Waals surface area contributed by atoms with E-state index in [2.05, 4.69) is 0 Å². The van der Waals surface area contributed by atoms with Gasteiger partial charge in [0.15, 0.2) is 0 Å². The van der Waals surface area contributed by atoms with E-state index in [1.165, 1.54) is 9.80 Å². The molecule has 2 aliphatic rings. The Hall–Kier alpha value is -7.08. The third kappa shape index (κ3) is 43.8. The summed E-state index contributed by atoms with van der Waals surface area (Å²) in [5.41, 5.74) is 8.49. The van der Waals surface area contributed by atoms with Crippen molar-refractivity contribution in [3.05, 3.63) is 128 Å². The van der Waals surface area contributed by atoms with Crippen molar-refractivity contribution in [2.24, 2.45) is 0 Å². The maximum absolute atomic E-state index is 15.9. The number of ether oxygens (including phenoxy) is 30. The van der Waals surface area contributed by atoms with Gasteiger partial charge in [0.05, 0.1) is 329 Å². The van der Waals surface area contributed by atoms with Crippen LogP contribution in [0.1, 0.15) is 113 Å². The van der Waals surface area contributed by atoms with Gasteiger partial charge in [-0.25, -0.2) is 9.80 Å². The van der Waals surface area contributed by atoms with Crippen LogP contribution < -0.4 is 9.80 Å². The number of imide groups is 2. The first-order valence-electron chi connectivity index (χ1n) is 51.3. The van der Waals surface area contributed by atoms with E-state index < -0.39 is 23.6 Å². The number of nitrogens with zero attached hydrogens (tertiary/aromatic N) is 2. The van der Waals surface area contributed by atoms with Gasteiger partial charge in [-0.1, -0.05) is 24.3 Å². The Bertz CT molecular complexity index is 4090. The summed E-state index contributed by atoms with van der Waals surface area (Å²) in [6.45, 7) is 24.1. The molecule has 0 saturated carbocycles. The van der Waals surface area contributed by atoms with Gasteiger partial charge in [0.2, 0.25) is 0 Å². The lowest BCUT2D eigenvalue weighted by Crippen LogP contribution is -2.41. The van der Waals surface area contributed by atoms with Crippen LogP contribution in [0.2, 0.25) is 0 Å². The zero-order valence-electron chi connectivity index (χ0n) is 86.4. The summed E-state index contributed by atoms with van der Waals surface area (Å²) in [5, 5.41) is 5.56. The van der Waals surface area contributed by atoms with Crippen molar-refractivity contribution in [1.29, 1.82) is 0 Å². The van der Waals surface area contributed by atoms with E-state index >= 15 is 19.2 Å². The molecule has 144 heavy (non-hydrogen) atoms. The molecule has 0 N–H and O–H groups in total. The van der Waals surface area contributed by atoms with E-state index in [4.69, 9.17) is 142 Å². The van der Waals surface area contributed by atoms with E-state index in [-0.39, 0.29) is 0 Å². The normalized spacial score (nSPS) is 12.8. The summed E-state index contributed by atoms with van der Waals surface area (Å²) in [5.74, 6) is -1.87. The first kappa shape index (κ1) is 120. The second kappa shape index (κ2) is 77.3. The highest BCUT2D eigenvalue weighted by molar-refractivity contribution is 6.45. The number of benzene rings is 7. The number of carbonyl (C=O) groups excluding carboxylic acids is 4. The van der Waals surface area contributed by atoms with Gasteiger partial charge in [0.25, 0.3) is 23.6 Å². The predicted octanol–water partition coefficient (Wildman–Crippen LogP) is 11.2. The smallest absolute Gasteiger partial charge is 0.265 e. The van der Waals surface area contributed by atoms with Crippen molar-refractivity contribution < 1.29 is 161 Å². The van der Waals surface area contributed by atoms with Crippen LogP contribution in [0, 0.1) is 0 Å². The fourth-order valence-corrected chi connectivity index (χ4v) is 16.7. The third-order valence-electron chi connectivity index (χ3n) is 23.6. The van der Waals surface area contributed by atoms with Crippen LogP contribution in [0.5, 0.6) is 0 Å². The minimum absolute atomic E-state index is 0.361. The standard InChI is InChI=1S/C108H162N2O34/c1-115-33-39-127-57-63-139-75-69-133-51-45-121-27-7-13-85-81-89(82-86(14-8-28-122-46-52-134-70-76-140-64-58-128-40-34-116-2)91(85)17-11-31-125-49-55-137-73-79-143-67-61-131-43-37-119-5)109-105(111)97-23-19-93-95-21-25-99-104-100(26-22-96(102(95)104)94-20-24-98(106(109)112)103(97)101(93)94)108(114)110(107(99)113)90-83-87(15-9-29-123-47-53-135-71-77-141-65-59-129-41-35-117-3)92(18-12-32-126-50-56-138-74-80-144-68-62-132-44-38-120-6)88(84-90)16-10-30-124-48-54-136-72-78-142-66-60-130-42-36-118-4/h19-26,81-84H,7-18,27-80H2,1-6H3. The lowest BCUT2D eigenvalue weighted by Gasteiger charge is -2.31. The molecule has 36 nitrogen and oxygen atoms in total. The molecular weight excluding hydrogens is 1870 g/mol. The molecule has 9 rings (SSSR count). The molecular formula is C108H162N2O34. The fraction of sp³-hybridized carbons (Fsp3) is 0.667. The molecule has 4 amide bonds. The van der Waals surface area contributed by atoms with Gasteiger partial charge < -0.3 is 142 Å². The van der Waals surface area contributed by atoms with Crippen LogP contribution in [0.4, 0.5) is 11.4 Å². The number of hydrogen-bond donors (Lipinski definition) is 0. The largest absolute Gasteiger partial charge is 0.382 e. The van der Waals surface area contributed by atoms with Crippen LogP contribution in [0.3, 0.4) is 0 Å². The highest BCUT2D eigenvalue weighted by Crippen LogP contribution is 2.48. The Morgan fingerprint density at radius 2 is 0.306 bits per heavy atom. The first-order chi connectivity index (χ1) is 71.2. The summed E-state index contributed by atoms with van der Waals surface area (Å²) >= 11 is 0. The lowest BCUT2D eigenvalue weighted by molar-refractivity contribution is -0.00798. The molecule has 2 aliphatic heterocycles. The molecule has 0 aliphatic carbocycles. The number of carbonyl (C=O) groups is 4. The van der Waals surface area contributed by atoms with Gasteiger partial charge in [-0.2, -0.15) is 0 Å². The number of amides is 4. The molecule has 0 unspecified atom stereocenters. The summed E-state index contributed by atoms with van der Waals surface area (Å²) in [6.07, 6.45) is 7.46. The van der Waals surface area contributed by atoms with Crippen molar-refractivity contribution >= 4 is 78.1 Å². The SMILES string of the molecule is COCCOCCOCCOCCOCCCc1cc(N2C(=O)c3ccc4c5ccc6c7c(ccc(c8ccc(c3c48)C2=O)c75)C(=O)N(c2cc(CCCOCCOCCOCCOCCOC)c(CCCOCCOCCOCCOCCOC)c(CCCOCCOCCOCCOCCOC)c2)C6=O)cc(CCCOCCOCCOCCOCCOC)c1CCCOCCOCCOCCOCCOC. The van der Waals surface area contributed by atoms with Gasteiger partial charge in [0.1, 0.15) is 0 Å². The number of aryl methyl sites for hydroxylation is 4. The topological polar surface area (TPSA) is 352 Å². The summed E-state index contributed by atoms with van der Waals surface area (Å²) in [4.78, 5) is 66.1. The third-order valence-corrected chi connectivity index (χ3v) is 23.6. The van der Waals surface area contributed by atoms with E-state index in [9.17, 15) is 0 Å². The van der Waals surface area contributed by atoms with Crippen molar-refractivity contribution in [3.63, 3.8) is 0 Å². The molecule has 0 bridgehead atoms. The number of hydrogen-bond acceptors (Lipinski definition) is 34. The lowest BCUT2D eigenvalue weighted by atomic mass is 9.82. The molecule has 808 valence electrons. The van der Waals surface area contributed by atoms with Gasteiger partial charge >= 0.3 is 0 Å². The van der Waals surface area contributed by atoms with Crippen LogP contribution >= 0.6 is 0 Å². The zero-order valence-corrected chi connectivity index (χ0v) is 86.4. The minimum Gasteiger partial charge on any atom is -0.382 e. The molecule has 36 heteroatoms. The highest BCUT2D eigenvalue weighted by Gasteiger charge is 2.39. The van der Waals surface area contributed by atoms with Gasteiger partial charge in [-0.3, -0.25) is 19.2 Å². The summed E-state index contributed by atoms with van der Waals surface area (Å²) in [7, 11) is 9.82. The zero-order chi connectivity index (χ0) is 101. The molecule has 0 fully saturated rings. The van der Waals surface area contributed by atoms with Crippen molar-refractivity contribution in [2.75, 3.05) is 409 Å². The van der Waals surface area contributed by atoms with Crippen molar-refractivity contribution in [3.8, 4) is 0 Å². The average Bonchev–Trinajstić information content (AvgIpc) is 0.686. The number of methoxy groups -OCH3 is 6. The molecule has 7 aromatic carbocycles. The Kier molecular flexibility index (Phi) is 64.6. The monoisotopic (exact) mass is 2030 g/mol. The average molecular weight is 2030 g/mol. The van der Waals surface area contributed by atoms with E-state index in [0.717, 1.165) is 65.7 Å². The molecule has 0 atom stereocenters. The summed E-state index contributed by atoms with van der Waals surface area (Å²) < 4.78 is 169. The van der Waals surface area contributed by atoms with Crippen LogP contribution in [0.15, 0.2) is 72.8 Å². The molecule has 0 radical (unpaired) electrons. The van der Waals surface area contributed by atoms with E-state index in [1.807, 2.05) is 72.8 Å². The number of rotatable bonds is 98. The number of fused-ring (bicyclic) bond motifs is 2. The molecule has 0 aromatic heterocycles. The van der Waals surface area contributed by atoms with Gasteiger partial charge in [0, 0.05) is 115 Å². The highest BCUT2D eigenvalue weighted by atomic mass is 16.6. The van der Waals surface area contributed by atoms with Gasteiger partial charge in [-0.15, -0.1) is 0 Å². The molecule has 2 heterocycles. The molecule has 7 aromatic rings. The van der Waals surface area contributed by atoms with Crippen LogP contribution in [-0.2, 0) is 181 Å².